The molecular weight excluding hydrogens is 310 g/mol. The van der Waals surface area contributed by atoms with Gasteiger partial charge in [0, 0.05) is 23.2 Å². The van der Waals surface area contributed by atoms with E-state index in [1.807, 2.05) is 18.2 Å². The van der Waals surface area contributed by atoms with Gasteiger partial charge >= 0.3 is 0 Å². The Morgan fingerprint density at radius 3 is 2.12 bits per heavy atom. The number of aromatic hydroxyl groups is 1. The van der Waals surface area contributed by atoms with Crippen molar-refractivity contribution in [1.82, 2.24) is 4.90 Å². The van der Waals surface area contributed by atoms with Gasteiger partial charge in [-0.1, -0.05) is 47.5 Å². The van der Waals surface area contributed by atoms with Gasteiger partial charge in [-0.25, -0.2) is 0 Å². The largest absolute Gasteiger partial charge is 0.507 e. The summed E-state index contributed by atoms with van der Waals surface area (Å²) in [6, 6.07) is 3.99. The van der Waals surface area contributed by atoms with Crippen molar-refractivity contribution in [2.24, 2.45) is 0 Å². The highest BCUT2D eigenvalue weighted by Gasteiger charge is 2.28. The van der Waals surface area contributed by atoms with Gasteiger partial charge in [-0.05, 0) is 41.0 Å². The Kier molecular flexibility index (Phi) is 5.04. The number of rotatable bonds is 2. The Bertz CT molecular complexity index is 717. The van der Waals surface area contributed by atoms with Crippen LogP contribution in [0.5, 0.6) is 5.75 Å². The van der Waals surface area contributed by atoms with Crippen molar-refractivity contribution < 1.29 is 9.90 Å². The number of carbonyl (C=O) groups excluding carboxylic acids is 1. The monoisotopic (exact) mass is 339 g/mol. The first-order chi connectivity index (χ1) is 11.4. The van der Waals surface area contributed by atoms with Gasteiger partial charge in [-0.3, -0.25) is 4.79 Å². The Balaban J connectivity index is 2.54. The van der Waals surface area contributed by atoms with Crippen LogP contribution in [0.1, 0.15) is 64.7 Å². The van der Waals surface area contributed by atoms with Crippen LogP contribution >= 0.6 is 0 Å². The average Bonchev–Trinajstić information content (AvgIpc) is 2.80. The predicted octanol–water partition coefficient (Wildman–Crippen LogP) is 4.24. The van der Waals surface area contributed by atoms with Crippen molar-refractivity contribution in [3.63, 3.8) is 0 Å². The van der Waals surface area contributed by atoms with E-state index in [0.717, 1.165) is 22.3 Å². The number of amides is 1. The van der Waals surface area contributed by atoms with Crippen molar-refractivity contribution in [2.45, 2.75) is 58.8 Å². The highest BCUT2D eigenvalue weighted by Crippen LogP contribution is 2.40. The summed E-state index contributed by atoms with van der Waals surface area (Å²) >= 11 is 0. The van der Waals surface area contributed by atoms with Gasteiger partial charge in [0.05, 0.1) is 6.54 Å². The van der Waals surface area contributed by atoms with Crippen molar-refractivity contribution in [2.75, 3.05) is 13.1 Å². The van der Waals surface area contributed by atoms with Crippen LogP contribution in [0.25, 0.3) is 6.08 Å². The molecule has 0 aliphatic carbocycles. The van der Waals surface area contributed by atoms with Gasteiger partial charge < -0.3 is 10.0 Å². The van der Waals surface area contributed by atoms with Crippen LogP contribution in [-0.2, 0) is 15.6 Å². The Morgan fingerprint density at radius 1 is 1.16 bits per heavy atom. The van der Waals surface area contributed by atoms with Crippen molar-refractivity contribution >= 4 is 12.0 Å². The van der Waals surface area contributed by atoms with E-state index in [9.17, 15) is 9.90 Å². The number of phenols is 1. The first kappa shape index (κ1) is 19.1. The van der Waals surface area contributed by atoms with Crippen molar-refractivity contribution in [1.29, 1.82) is 0 Å². The zero-order chi connectivity index (χ0) is 19.0. The second-order valence-electron chi connectivity index (χ2n) is 8.82. The number of carbonyl (C=O) groups is 1. The fourth-order valence-corrected chi connectivity index (χ4v) is 3.15. The number of likely N-dealkylation sites (tertiary alicyclic amines) is 1. The quantitative estimate of drug-likeness (QED) is 0.647. The molecule has 1 fully saturated rings. The maximum atomic E-state index is 12.4. The standard InChI is InChI=1S/C22H29NO2/c1-8-10-23-11-9-16(20(23)25)12-15-13-17(21(2,3)4)19(24)18(14-15)22(5,6)7/h1,12-14,24H,9-11H2,2-7H3/b16-12-. The highest BCUT2D eigenvalue weighted by atomic mass is 16.3. The molecule has 0 spiro atoms. The molecular formula is C22H29NO2. The predicted molar refractivity (Wildman–Crippen MR) is 104 cm³/mol. The molecule has 0 aromatic heterocycles. The third-order valence-electron chi connectivity index (χ3n) is 4.58. The molecule has 1 amide bonds. The fourth-order valence-electron chi connectivity index (χ4n) is 3.15. The number of hydrogen-bond acceptors (Lipinski definition) is 2. The van der Waals surface area contributed by atoms with Gasteiger partial charge in [0.1, 0.15) is 5.75 Å². The SMILES string of the molecule is C#CCN1CC/C(=C/c2cc(C(C)(C)C)c(O)c(C(C)(C)C)c2)C1=O. The van der Waals surface area contributed by atoms with Crippen LogP contribution in [0, 0.1) is 12.3 Å². The summed E-state index contributed by atoms with van der Waals surface area (Å²) in [5, 5.41) is 10.8. The summed E-state index contributed by atoms with van der Waals surface area (Å²) in [5.41, 5.74) is 3.16. The van der Waals surface area contributed by atoms with Gasteiger partial charge in [-0.2, -0.15) is 0 Å². The molecule has 0 saturated carbocycles. The summed E-state index contributed by atoms with van der Waals surface area (Å²) in [6.45, 7) is 13.5. The molecule has 3 nitrogen and oxygen atoms in total. The molecule has 134 valence electrons. The van der Waals surface area contributed by atoms with Gasteiger partial charge in [0.2, 0.25) is 0 Å². The van der Waals surface area contributed by atoms with E-state index in [1.54, 1.807) is 4.90 Å². The van der Waals surface area contributed by atoms with Gasteiger partial charge in [0.25, 0.3) is 5.91 Å². The average molecular weight is 339 g/mol. The Morgan fingerprint density at radius 2 is 1.68 bits per heavy atom. The molecule has 0 bridgehead atoms. The Labute approximate surface area is 151 Å². The fraction of sp³-hybridized carbons (Fsp3) is 0.500. The van der Waals surface area contributed by atoms with E-state index in [-0.39, 0.29) is 16.7 Å². The molecule has 2 rings (SSSR count). The molecule has 25 heavy (non-hydrogen) atoms. The number of terminal acetylenes is 1. The van der Waals surface area contributed by atoms with E-state index in [0.29, 0.717) is 25.3 Å². The number of nitrogens with zero attached hydrogens (tertiary/aromatic N) is 1. The molecule has 1 aliphatic heterocycles. The van der Waals surface area contributed by atoms with Crippen LogP contribution in [0.2, 0.25) is 0 Å². The summed E-state index contributed by atoms with van der Waals surface area (Å²) in [7, 11) is 0. The smallest absolute Gasteiger partial charge is 0.250 e. The zero-order valence-electron chi connectivity index (χ0n) is 16.2. The molecule has 1 aromatic carbocycles. The lowest BCUT2D eigenvalue weighted by molar-refractivity contribution is -0.124. The summed E-state index contributed by atoms with van der Waals surface area (Å²) in [5.74, 6) is 2.90. The first-order valence-corrected chi connectivity index (χ1v) is 8.76. The first-order valence-electron chi connectivity index (χ1n) is 8.76. The number of benzene rings is 1. The molecule has 1 aromatic rings. The van der Waals surface area contributed by atoms with E-state index in [2.05, 4.69) is 47.5 Å². The van der Waals surface area contributed by atoms with Crippen LogP contribution in [0.15, 0.2) is 17.7 Å². The minimum absolute atomic E-state index is 0.0145. The minimum atomic E-state index is -0.187. The lowest BCUT2D eigenvalue weighted by Crippen LogP contribution is -2.25. The topological polar surface area (TPSA) is 40.5 Å². The molecule has 1 saturated heterocycles. The second kappa shape index (κ2) is 6.59. The summed E-state index contributed by atoms with van der Waals surface area (Å²) in [4.78, 5) is 14.1. The van der Waals surface area contributed by atoms with E-state index < -0.39 is 0 Å². The normalized spacial score (nSPS) is 17.2. The second-order valence-corrected chi connectivity index (χ2v) is 8.82. The van der Waals surface area contributed by atoms with Crippen LogP contribution in [-0.4, -0.2) is 29.0 Å². The lowest BCUT2D eigenvalue weighted by atomic mass is 9.78. The molecule has 0 radical (unpaired) electrons. The molecule has 1 aliphatic rings. The Hall–Kier alpha value is -2.21. The minimum Gasteiger partial charge on any atom is -0.507 e. The summed E-state index contributed by atoms with van der Waals surface area (Å²) < 4.78 is 0. The molecule has 0 unspecified atom stereocenters. The molecule has 1 heterocycles. The maximum absolute atomic E-state index is 12.4. The van der Waals surface area contributed by atoms with Crippen molar-refractivity contribution in [3.8, 4) is 18.1 Å². The van der Waals surface area contributed by atoms with Gasteiger partial charge in [-0.15, -0.1) is 6.42 Å². The van der Waals surface area contributed by atoms with Crippen LogP contribution in [0.4, 0.5) is 0 Å². The number of phenolic OH excluding ortho intramolecular Hbond substituents is 1. The maximum Gasteiger partial charge on any atom is 0.250 e. The van der Waals surface area contributed by atoms with E-state index in [4.69, 9.17) is 6.42 Å². The molecule has 1 N–H and O–H groups in total. The lowest BCUT2D eigenvalue weighted by Gasteiger charge is -2.28. The molecule has 0 atom stereocenters. The third kappa shape index (κ3) is 4.07. The highest BCUT2D eigenvalue weighted by molar-refractivity contribution is 6.00. The zero-order valence-corrected chi connectivity index (χ0v) is 16.2. The van der Waals surface area contributed by atoms with Crippen molar-refractivity contribution in [3.05, 3.63) is 34.4 Å². The van der Waals surface area contributed by atoms with E-state index in [1.165, 1.54) is 0 Å². The molecule has 3 heteroatoms. The number of hydrogen-bond donors (Lipinski definition) is 1. The third-order valence-corrected chi connectivity index (χ3v) is 4.58. The van der Waals surface area contributed by atoms with Crippen LogP contribution < -0.4 is 0 Å². The summed E-state index contributed by atoms with van der Waals surface area (Å²) in [6.07, 6.45) is 7.98. The van der Waals surface area contributed by atoms with Gasteiger partial charge in [0.15, 0.2) is 0 Å². The van der Waals surface area contributed by atoms with Crippen LogP contribution in [0.3, 0.4) is 0 Å². The van der Waals surface area contributed by atoms with E-state index >= 15 is 0 Å².